The molecule has 1 unspecified atom stereocenters. The molecule has 0 amide bonds. The third-order valence-electron chi connectivity index (χ3n) is 8.25. The first kappa shape index (κ1) is 36.3. The van der Waals surface area contributed by atoms with Gasteiger partial charge in [0.1, 0.15) is 11.6 Å². The number of ketones is 2. The molecule has 0 aliphatic carbocycles. The zero-order valence-electron chi connectivity index (χ0n) is 25.9. The van der Waals surface area contributed by atoms with Crippen LogP contribution >= 0.6 is 0 Å². The Morgan fingerprint density at radius 2 is 0.676 bits per heavy atom. The molecular weight excluding hydrogens is 452 g/mol. The third kappa shape index (κ3) is 26.7. The van der Waals surface area contributed by atoms with Gasteiger partial charge in [0, 0.05) is 6.42 Å². The van der Waals surface area contributed by atoms with E-state index in [2.05, 4.69) is 13.8 Å². The highest BCUT2D eigenvalue weighted by Gasteiger charge is 2.21. The van der Waals surface area contributed by atoms with E-state index in [0.29, 0.717) is 6.42 Å². The number of Topliss-reactive ketones (excluding diaryl/α,β-unsaturated/α-hetero) is 2. The first-order chi connectivity index (χ1) is 18.1. The Kier molecular flexibility index (Phi) is 29.4. The van der Waals surface area contributed by atoms with E-state index in [1.54, 1.807) is 6.92 Å². The van der Waals surface area contributed by atoms with Crippen LogP contribution in [0.5, 0.6) is 0 Å². The SMILES string of the molecule is CCCCCCCCCCCCCCCCCCCCC(C(C)=O)C(=O)CCCCCCCCCCC. The Morgan fingerprint density at radius 3 is 0.973 bits per heavy atom. The molecule has 0 aromatic carbocycles. The lowest BCUT2D eigenvalue weighted by Gasteiger charge is -2.12. The van der Waals surface area contributed by atoms with Gasteiger partial charge in [-0.2, -0.15) is 0 Å². The number of carbonyl (C=O) groups excluding carboxylic acids is 2. The maximum atomic E-state index is 12.6. The fourth-order valence-electron chi connectivity index (χ4n) is 5.63. The topological polar surface area (TPSA) is 34.1 Å². The van der Waals surface area contributed by atoms with Crippen LogP contribution in [-0.2, 0) is 9.59 Å². The molecule has 0 bridgehead atoms. The van der Waals surface area contributed by atoms with E-state index in [-0.39, 0.29) is 17.5 Å². The largest absolute Gasteiger partial charge is 0.299 e. The molecule has 0 radical (unpaired) electrons. The number of unbranched alkanes of at least 4 members (excludes halogenated alkanes) is 25. The van der Waals surface area contributed by atoms with Crippen molar-refractivity contribution in [2.24, 2.45) is 5.92 Å². The molecule has 37 heavy (non-hydrogen) atoms. The second-order valence-corrected chi connectivity index (χ2v) is 12.0. The Morgan fingerprint density at radius 1 is 0.405 bits per heavy atom. The molecule has 0 spiro atoms. The number of hydrogen-bond acceptors (Lipinski definition) is 2. The average molecular weight is 521 g/mol. The number of carbonyl (C=O) groups is 2. The predicted octanol–water partition coefficient (Wildman–Crippen LogP) is 12.1. The summed E-state index contributed by atoms with van der Waals surface area (Å²) in [5.74, 6) is -0.0228. The third-order valence-corrected chi connectivity index (χ3v) is 8.25. The molecule has 0 rings (SSSR count). The average Bonchev–Trinajstić information content (AvgIpc) is 2.88. The first-order valence-electron chi connectivity index (χ1n) is 17.2. The van der Waals surface area contributed by atoms with Crippen molar-refractivity contribution in [3.8, 4) is 0 Å². The van der Waals surface area contributed by atoms with Crippen LogP contribution in [0.15, 0.2) is 0 Å². The smallest absolute Gasteiger partial charge is 0.143 e. The van der Waals surface area contributed by atoms with Gasteiger partial charge in [-0.05, 0) is 19.8 Å². The van der Waals surface area contributed by atoms with Gasteiger partial charge in [-0.3, -0.25) is 9.59 Å². The molecule has 2 heteroatoms. The van der Waals surface area contributed by atoms with E-state index < -0.39 is 0 Å². The van der Waals surface area contributed by atoms with Crippen LogP contribution in [0.1, 0.15) is 207 Å². The molecule has 0 fully saturated rings. The summed E-state index contributed by atoms with van der Waals surface area (Å²) in [7, 11) is 0. The quantitative estimate of drug-likeness (QED) is 0.0672. The Hall–Kier alpha value is -0.660. The highest BCUT2D eigenvalue weighted by atomic mass is 16.1. The second-order valence-electron chi connectivity index (χ2n) is 12.0. The summed E-state index contributed by atoms with van der Waals surface area (Å²) >= 11 is 0. The summed E-state index contributed by atoms with van der Waals surface area (Å²) in [5.41, 5.74) is 0. The molecule has 0 saturated heterocycles. The molecule has 0 aromatic rings. The fraction of sp³-hybridized carbons (Fsp3) is 0.943. The summed E-state index contributed by atoms with van der Waals surface area (Å²) in [6.45, 7) is 6.16. The molecule has 0 heterocycles. The van der Waals surface area contributed by atoms with E-state index >= 15 is 0 Å². The van der Waals surface area contributed by atoms with Crippen LogP contribution in [0.4, 0.5) is 0 Å². The van der Waals surface area contributed by atoms with Gasteiger partial charge in [0.25, 0.3) is 0 Å². The number of rotatable bonds is 31. The van der Waals surface area contributed by atoms with Crippen molar-refractivity contribution in [2.75, 3.05) is 0 Å². The lowest BCUT2D eigenvalue weighted by Crippen LogP contribution is -2.21. The summed E-state index contributed by atoms with van der Waals surface area (Å²) in [6, 6.07) is 0. The maximum Gasteiger partial charge on any atom is 0.143 e. The Bertz CT molecular complexity index is 484. The second kappa shape index (κ2) is 29.9. The maximum absolute atomic E-state index is 12.6. The lowest BCUT2D eigenvalue weighted by molar-refractivity contribution is -0.132. The van der Waals surface area contributed by atoms with Crippen molar-refractivity contribution in [1.82, 2.24) is 0 Å². The van der Waals surface area contributed by atoms with E-state index in [1.807, 2.05) is 0 Å². The van der Waals surface area contributed by atoms with Gasteiger partial charge in [-0.1, -0.05) is 181 Å². The molecule has 2 nitrogen and oxygen atoms in total. The molecule has 0 aromatic heterocycles. The lowest BCUT2D eigenvalue weighted by atomic mass is 9.90. The van der Waals surface area contributed by atoms with Crippen molar-refractivity contribution >= 4 is 11.6 Å². The zero-order chi connectivity index (χ0) is 27.2. The van der Waals surface area contributed by atoms with Crippen molar-refractivity contribution in [3.63, 3.8) is 0 Å². The van der Waals surface area contributed by atoms with Crippen LogP contribution in [-0.4, -0.2) is 11.6 Å². The van der Waals surface area contributed by atoms with Gasteiger partial charge < -0.3 is 0 Å². The summed E-state index contributed by atoms with van der Waals surface area (Å²) in [5, 5.41) is 0. The van der Waals surface area contributed by atoms with Gasteiger partial charge in [0.2, 0.25) is 0 Å². The molecule has 0 saturated carbocycles. The molecule has 0 aliphatic heterocycles. The highest BCUT2D eigenvalue weighted by molar-refractivity contribution is 6.01. The monoisotopic (exact) mass is 521 g/mol. The van der Waals surface area contributed by atoms with Crippen LogP contribution < -0.4 is 0 Å². The van der Waals surface area contributed by atoms with E-state index in [4.69, 9.17) is 0 Å². The van der Waals surface area contributed by atoms with Gasteiger partial charge in [0.15, 0.2) is 0 Å². The summed E-state index contributed by atoms with van der Waals surface area (Å²) in [4.78, 5) is 24.6. The first-order valence-corrected chi connectivity index (χ1v) is 17.2. The molecule has 0 aliphatic rings. The Labute approximate surface area is 233 Å². The van der Waals surface area contributed by atoms with Crippen molar-refractivity contribution in [1.29, 1.82) is 0 Å². The van der Waals surface area contributed by atoms with E-state index in [9.17, 15) is 9.59 Å². The normalized spacial score (nSPS) is 12.2. The minimum absolute atomic E-state index is 0.0906. The molecule has 0 N–H and O–H groups in total. The molecular formula is C35H68O2. The zero-order valence-corrected chi connectivity index (χ0v) is 25.9. The van der Waals surface area contributed by atoms with Crippen LogP contribution in [0.25, 0.3) is 0 Å². The van der Waals surface area contributed by atoms with Gasteiger partial charge in [0.05, 0.1) is 5.92 Å². The highest BCUT2D eigenvalue weighted by Crippen LogP contribution is 2.19. The summed E-state index contributed by atoms with van der Waals surface area (Å²) in [6.07, 6.45) is 37.4. The van der Waals surface area contributed by atoms with E-state index in [0.717, 1.165) is 25.7 Å². The van der Waals surface area contributed by atoms with E-state index in [1.165, 1.54) is 154 Å². The van der Waals surface area contributed by atoms with Crippen molar-refractivity contribution in [2.45, 2.75) is 207 Å². The standard InChI is InChI=1S/C35H68O2/c1-4-6-8-10-12-14-15-16-17-18-19-20-21-22-24-25-27-29-31-34(33(3)36)35(37)32-30-28-26-23-13-11-9-7-5-2/h34H,4-32H2,1-3H3. The van der Waals surface area contributed by atoms with Crippen LogP contribution in [0.3, 0.4) is 0 Å². The van der Waals surface area contributed by atoms with Crippen molar-refractivity contribution in [3.05, 3.63) is 0 Å². The predicted molar refractivity (Wildman–Crippen MR) is 164 cm³/mol. The van der Waals surface area contributed by atoms with Crippen LogP contribution in [0.2, 0.25) is 0 Å². The fourth-order valence-corrected chi connectivity index (χ4v) is 5.63. The summed E-state index contributed by atoms with van der Waals surface area (Å²) < 4.78 is 0. The Balaban J connectivity index is 3.50. The number of hydrogen-bond donors (Lipinski definition) is 0. The van der Waals surface area contributed by atoms with Gasteiger partial charge >= 0.3 is 0 Å². The molecule has 1 atom stereocenters. The van der Waals surface area contributed by atoms with Gasteiger partial charge in [-0.15, -0.1) is 0 Å². The minimum atomic E-state index is -0.324. The van der Waals surface area contributed by atoms with Gasteiger partial charge in [-0.25, -0.2) is 0 Å². The van der Waals surface area contributed by atoms with Crippen LogP contribution in [0, 0.1) is 5.92 Å². The minimum Gasteiger partial charge on any atom is -0.299 e. The van der Waals surface area contributed by atoms with Crippen molar-refractivity contribution < 1.29 is 9.59 Å². The molecule has 220 valence electrons.